The predicted molar refractivity (Wildman–Crippen MR) is 69.9 cm³/mol. The lowest BCUT2D eigenvalue weighted by Crippen LogP contribution is -2.44. The highest BCUT2D eigenvalue weighted by Crippen LogP contribution is 2.27. The Morgan fingerprint density at radius 2 is 2.21 bits per heavy atom. The lowest BCUT2D eigenvalue weighted by Gasteiger charge is -2.16. The number of hydrogen-bond acceptors (Lipinski definition) is 4. The number of hydrogen-bond donors (Lipinski definition) is 2. The molecule has 5 heteroatoms. The summed E-state index contributed by atoms with van der Waals surface area (Å²) in [6.07, 6.45) is 0.851. The fourth-order valence-electron chi connectivity index (χ4n) is 2.55. The van der Waals surface area contributed by atoms with Crippen molar-refractivity contribution >= 4 is 5.91 Å². The smallest absolute Gasteiger partial charge is 0.227 e. The minimum Gasteiger partial charge on any atom is -0.488 e. The highest BCUT2D eigenvalue weighted by atomic mass is 16.5. The van der Waals surface area contributed by atoms with Crippen molar-refractivity contribution in [3.63, 3.8) is 0 Å². The van der Waals surface area contributed by atoms with Crippen molar-refractivity contribution in [2.75, 3.05) is 19.8 Å². The maximum absolute atomic E-state index is 12.0. The number of carbonyl (C=O) groups excluding carboxylic acids is 1. The fraction of sp³-hybridized carbons (Fsp3) is 0.500. The first-order chi connectivity index (χ1) is 9.24. The van der Waals surface area contributed by atoms with Crippen LogP contribution in [-0.4, -0.2) is 37.8 Å². The van der Waals surface area contributed by atoms with Crippen molar-refractivity contribution in [1.82, 2.24) is 5.32 Å². The Morgan fingerprint density at radius 1 is 1.37 bits per heavy atom. The first-order valence-corrected chi connectivity index (χ1v) is 6.59. The standard InChI is InChI=1S/C14H18N2O3/c15-12-8-18-7-11(12)14(17)16-6-10-5-9-3-1-2-4-13(9)19-10/h1-4,10-12H,5-8,15H2,(H,16,17). The van der Waals surface area contributed by atoms with Crippen LogP contribution in [0.3, 0.4) is 0 Å². The molecule has 0 saturated carbocycles. The Labute approximate surface area is 112 Å². The molecular weight excluding hydrogens is 244 g/mol. The molecule has 19 heavy (non-hydrogen) atoms. The highest BCUT2D eigenvalue weighted by Gasteiger charge is 2.32. The first-order valence-electron chi connectivity index (χ1n) is 6.59. The van der Waals surface area contributed by atoms with E-state index in [-0.39, 0.29) is 24.0 Å². The van der Waals surface area contributed by atoms with Crippen LogP contribution in [-0.2, 0) is 16.0 Å². The number of fused-ring (bicyclic) bond motifs is 1. The first kappa shape index (κ1) is 12.4. The van der Waals surface area contributed by atoms with E-state index < -0.39 is 0 Å². The summed E-state index contributed by atoms with van der Waals surface area (Å²) in [4.78, 5) is 12.0. The molecule has 3 N–H and O–H groups in total. The number of amides is 1. The summed E-state index contributed by atoms with van der Waals surface area (Å²) in [6.45, 7) is 1.39. The van der Waals surface area contributed by atoms with Crippen molar-refractivity contribution < 1.29 is 14.3 Å². The summed E-state index contributed by atoms with van der Waals surface area (Å²) < 4.78 is 11.0. The molecule has 1 fully saturated rings. The second-order valence-corrected chi connectivity index (χ2v) is 5.10. The largest absolute Gasteiger partial charge is 0.488 e. The van der Waals surface area contributed by atoms with Crippen LogP contribution in [0.2, 0.25) is 0 Å². The summed E-state index contributed by atoms with van der Waals surface area (Å²) in [5.74, 6) is 0.649. The molecule has 0 aliphatic carbocycles. The molecular formula is C14H18N2O3. The average Bonchev–Trinajstić information content (AvgIpc) is 3.01. The van der Waals surface area contributed by atoms with E-state index in [9.17, 15) is 4.79 Å². The van der Waals surface area contributed by atoms with Crippen LogP contribution >= 0.6 is 0 Å². The van der Waals surface area contributed by atoms with E-state index in [4.69, 9.17) is 15.2 Å². The molecule has 2 heterocycles. The molecule has 3 atom stereocenters. The van der Waals surface area contributed by atoms with Crippen LogP contribution in [0.1, 0.15) is 5.56 Å². The van der Waals surface area contributed by atoms with E-state index >= 15 is 0 Å². The maximum Gasteiger partial charge on any atom is 0.227 e. The van der Waals surface area contributed by atoms with Crippen LogP contribution in [0.15, 0.2) is 24.3 Å². The molecule has 0 bridgehead atoms. The molecule has 102 valence electrons. The third-order valence-corrected chi connectivity index (χ3v) is 3.68. The zero-order valence-corrected chi connectivity index (χ0v) is 10.7. The van der Waals surface area contributed by atoms with Gasteiger partial charge in [0.1, 0.15) is 11.9 Å². The summed E-state index contributed by atoms with van der Waals surface area (Å²) in [5.41, 5.74) is 7.01. The molecule has 1 aromatic rings. The summed E-state index contributed by atoms with van der Waals surface area (Å²) in [7, 11) is 0. The summed E-state index contributed by atoms with van der Waals surface area (Å²) >= 11 is 0. The van der Waals surface area contributed by atoms with Gasteiger partial charge in [0.2, 0.25) is 5.91 Å². The van der Waals surface area contributed by atoms with Gasteiger partial charge >= 0.3 is 0 Å². The lowest BCUT2D eigenvalue weighted by atomic mass is 10.0. The number of benzene rings is 1. The monoisotopic (exact) mass is 262 g/mol. The second-order valence-electron chi connectivity index (χ2n) is 5.10. The molecule has 1 aromatic carbocycles. The van der Waals surface area contributed by atoms with Gasteiger partial charge in [-0.1, -0.05) is 18.2 Å². The molecule has 0 spiro atoms. The van der Waals surface area contributed by atoms with E-state index in [1.54, 1.807) is 0 Å². The van der Waals surface area contributed by atoms with Gasteiger partial charge in [-0.05, 0) is 11.6 Å². The van der Waals surface area contributed by atoms with E-state index in [1.807, 2.05) is 18.2 Å². The van der Waals surface area contributed by atoms with Gasteiger partial charge in [-0.25, -0.2) is 0 Å². The van der Waals surface area contributed by atoms with E-state index in [0.29, 0.717) is 19.8 Å². The fourth-order valence-corrected chi connectivity index (χ4v) is 2.55. The minimum absolute atomic E-state index is 0.0138. The van der Waals surface area contributed by atoms with E-state index in [1.165, 1.54) is 5.56 Å². The van der Waals surface area contributed by atoms with Crippen molar-refractivity contribution in [1.29, 1.82) is 0 Å². The lowest BCUT2D eigenvalue weighted by molar-refractivity contribution is -0.125. The Bertz CT molecular complexity index is 453. The minimum atomic E-state index is -0.233. The van der Waals surface area contributed by atoms with Crippen LogP contribution < -0.4 is 15.8 Å². The molecule has 2 aliphatic heterocycles. The zero-order chi connectivity index (χ0) is 13.2. The third kappa shape index (κ3) is 2.57. The average molecular weight is 262 g/mol. The molecule has 3 rings (SSSR count). The maximum atomic E-state index is 12.0. The number of nitrogens with one attached hydrogen (secondary N) is 1. The Hall–Kier alpha value is -1.59. The Morgan fingerprint density at radius 3 is 2.95 bits per heavy atom. The van der Waals surface area contributed by atoms with Gasteiger partial charge in [0, 0.05) is 12.5 Å². The number of nitrogens with two attached hydrogens (primary N) is 1. The molecule has 5 nitrogen and oxygen atoms in total. The molecule has 1 amide bonds. The number of carbonyl (C=O) groups is 1. The van der Waals surface area contributed by atoms with Crippen LogP contribution in [0.25, 0.3) is 0 Å². The van der Waals surface area contributed by atoms with Crippen LogP contribution in [0.5, 0.6) is 5.75 Å². The van der Waals surface area contributed by atoms with Gasteiger partial charge in [0.05, 0.1) is 25.7 Å². The van der Waals surface area contributed by atoms with Gasteiger partial charge in [0.15, 0.2) is 0 Å². The van der Waals surface area contributed by atoms with Gasteiger partial charge in [0.25, 0.3) is 0 Å². The second kappa shape index (κ2) is 5.19. The van der Waals surface area contributed by atoms with E-state index in [0.717, 1.165) is 12.2 Å². The third-order valence-electron chi connectivity index (χ3n) is 3.68. The molecule has 2 aliphatic rings. The van der Waals surface area contributed by atoms with Crippen molar-refractivity contribution in [3.05, 3.63) is 29.8 Å². The Balaban J connectivity index is 1.50. The number of para-hydroxylation sites is 1. The van der Waals surface area contributed by atoms with E-state index in [2.05, 4.69) is 11.4 Å². The molecule has 1 saturated heterocycles. The normalized spacial score (nSPS) is 28.8. The Kier molecular flexibility index (Phi) is 3.40. The number of rotatable bonds is 3. The summed E-state index contributed by atoms with van der Waals surface area (Å²) in [5, 5.41) is 2.91. The van der Waals surface area contributed by atoms with Crippen LogP contribution in [0, 0.1) is 5.92 Å². The van der Waals surface area contributed by atoms with Gasteiger partial charge in [-0.2, -0.15) is 0 Å². The predicted octanol–water partition coefficient (Wildman–Crippen LogP) is 0.0800. The molecule has 3 unspecified atom stereocenters. The van der Waals surface area contributed by atoms with Crippen molar-refractivity contribution in [3.8, 4) is 5.75 Å². The molecule has 0 aromatic heterocycles. The topological polar surface area (TPSA) is 73.6 Å². The number of ether oxygens (including phenoxy) is 2. The zero-order valence-electron chi connectivity index (χ0n) is 10.7. The summed E-state index contributed by atoms with van der Waals surface area (Å²) in [6, 6.07) is 7.77. The SMILES string of the molecule is NC1COCC1C(=O)NCC1Cc2ccccc2O1. The van der Waals surface area contributed by atoms with Gasteiger partial charge in [-0.3, -0.25) is 4.79 Å². The molecule has 0 radical (unpaired) electrons. The van der Waals surface area contributed by atoms with Gasteiger partial charge < -0.3 is 20.5 Å². The highest BCUT2D eigenvalue weighted by molar-refractivity contribution is 5.79. The quantitative estimate of drug-likeness (QED) is 0.809. The van der Waals surface area contributed by atoms with Crippen molar-refractivity contribution in [2.24, 2.45) is 11.7 Å². The van der Waals surface area contributed by atoms with Crippen molar-refractivity contribution in [2.45, 2.75) is 18.6 Å². The van der Waals surface area contributed by atoms with Gasteiger partial charge in [-0.15, -0.1) is 0 Å². The van der Waals surface area contributed by atoms with Crippen LogP contribution in [0.4, 0.5) is 0 Å².